The summed E-state index contributed by atoms with van der Waals surface area (Å²) >= 11 is 2.11. The average Bonchev–Trinajstić information content (AvgIpc) is 2.76. The number of anilines is 1. The Morgan fingerprint density at radius 2 is 1.81 bits per heavy atom. The second kappa shape index (κ2) is 10.2. The second-order valence-corrected chi connectivity index (χ2v) is 7.72. The number of ether oxygens (including phenoxy) is 1. The van der Waals surface area contributed by atoms with Crippen LogP contribution in [0, 0.1) is 26.5 Å². The van der Waals surface area contributed by atoms with Crippen molar-refractivity contribution < 1.29 is 18.3 Å². The van der Waals surface area contributed by atoms with E-state index in [9.17, 15) is 18.8 Å². The number of amides is 1. The monoisotopic (exact) mass is 530 g/mol. The number of halogens is 3. The van der Waals surface area contributed by atoms with E-state index in [1.54, 1.807) is 36.4 Å². The maximum atomic E-state index is 14.1. The Morgan fingerprint density at radius 3 is 2.45 bits per heavy atom. The Hall–Kier alpha value is -3.25. The summed E-state index contributed by atoms with van der Waals surface area (Å²) in [4.78, 5) is 12.4. The molecule has 156 valence electrons. The van der Waals surface area contributed by atoms with Crippen LogP contribution in [0.5, 0.6) is 5.75 Å². The summed E-state index contributed by atoms with van der Waals surface area (Å²) in [6, 6.07) is 17.5. The molecular weight excluding hydrogens is 513 g/mol. The number of rotatable bonds is 6. The van der Waals surface area contributed by atoms with Crippen LogP contribution in [0.2, 0.25) is 0 Å². The summed E-state index contributed by atoms with van der Waals surface area (Å²) < 4.78 is 34.1. The predicted octanol–water partition coefficient (Wildman–Crippen LogP) is 5.71. The number of nitriles is 1. The molecule has 0 aliphatic carbocycles. The fourth-order valence-electron chi connectivity index (χ4n) is 2.97. The summed E-state index contributed by atoms with van der Waals surface area (Å²) in [5.74, 6) is -1.12. The lowest BCUT2D eigenvalue weighted by Crippen LogP contribution is -2.14. The Kier molecular flexibility index (Phi) is 7.36. The zero-order valence-electron chi connectivity index (χ0n) is 16.5. The van der Waals surface area contributed by atoms with Crippen molar-refractivity contribution in [2.75, 3.05) is 12.4 Å². The van der Waals surface area contributed by atoms with Crippen LogP contribution in [-0.2, 0) is 11.2 Å². The maximum absolute atomic E-state index is 14.1. The molecule has 0 unspecified atom stereocenters. The molecule has 31 heavy (non-hydrogen) atoms. The van der Waals surface area contributed by atoms with Crippen LogP contribution in [0.1, 0.15) is 16.7 Å². The number of hydrogen-bond donors (Lipinski definition) is 1. The van der Waals surface area contributed by atoms with Gasteiger partial charge in [-0.2, -0.15) is 5.26 Å². The quantitative estimate of drug-likeness (QED) is 0.252. The standard InChI is InChI=1S/C24H17F2IN2O2/c1-31-23-12-15(11-21(27)18(23)13-16-6-2-3-7-19(16)25)10-17(14-28)24(30)29-22-9-5-4-8-20(22)26/h2-12H,13H2,1H3,(H,29,30)/b17-10+. The molecule has 0 atom stereocenters. The normalized spacial score (nSPS) is 11.0. The van der Waals surface area contributed by atoms with Gasteiger partial charge < -0.3 is 10.1 Å². The number of carbonyl (C=O) groups is 1. The minimum atomic E-state index is -0.725. The molecule has 0 saturated heterocycles. The van der Waals surface area contributed by atoms with Gasteiger partial charge in [-0.1, -0.05) is 30.3 Å². The third kappa shape index (κ3) is 5.47. The van der Waals surface area contributed by atoms with Gasteiger partial charge >= 0.3 is 0 Å². The second-order valence-electron chi connectivity index (χ2n) is 6.56. The number of benzene rings is 3. The first-order valence-electron chi connectivity index (χ1n) is 9.20. The lowest BCUT2D eigenvalue weighted by atomic mass is 10.0. The van der Waals surface area contributed by atoms with E-state index < -0.39 is 11.7 Å². The molecule has 0 bridgehead atoms. The van der Waals surface area contributed by atoms with E-state index in [0.717, 1.165) is 9.13 Å². The summed E-state index contributed by atoms with van der Waals surface area (Å²) in [5.41, 5.74) is 1.67. The van der Waals surface area contributed by atoms with Crippen molar-refractivity contribution >= 4 is 40.3 Å². The molecule has 3 rings (SSSR count). The molecule has 0 heterocycles. The minimum absolute atomic E-state index is 0.0129. The van der Waals surface area contributed by atoms with Crippen molar-refractivity contribution in [1.29, 1.82) is 5.26 Å². The summed E-state index contributed by atoms with van der Waals surface area (Å²) in [7, 11) is 1.50. The van der Waals surface area contributed by atoms with E-state index in [2.05, 4.69) is 27.9 Å². The van der Waals surface area contributed by atoms with Crippen molar-refractivity contribution in [1.82, 2.24) is 0 Å². The van der Waals surface area contributed by atoms with Crippen LogP contribution in [0.3, 0.4) is 0 Å². The smallest absolute Gasteiger partial charge is 0.266 e. The number of para-hydroxylation sites is 1. The van der Waals surface area contributed by atoms with Crippen LogP contribution in [-0.4, -0.2) is 13.0 Å². The van der Waals surface area contributed by atoms with Crippen molar-refractivity contribution in [2.24, 2.45) is 0 Å². The topological polar surface area (TPSA) is 62.1 Å². The van der Waals surface area contributed by atoms with E-state index >= 15 is 0 Å². The van der Waals surface area contributed by atoms with Gasteiger partial charge in [0, 0.05) is 15.6 Å². The lowest BCUT2D eigenvalue weighted by molar-refractivity contribution is -0.112. The molecule has 0 aromatic heterocycles. The fourth-order valence-corrected chi connectivity index (χ4v) is 3.78. The Labute approximate surface area is 192 Å². The van der Waals surface area contributed by atoms with E-state index in [1.807, 2.05) is 6.07 Å². The first kappa shape index (κ1) is 22.4. The van der Waals surface area contributed by atoms with Gasteiger partial charge in [0.15, 0.2) is 0 Å². The SMILES string of the molecule is COc1cc(/C=C(\C#N)C(=O)Nc2ccccc2F)cc(I)c1Cc1ccccc1F. The van der Waals surface area contributed by atoms with Gasteiger partial charge in [0.25, 0.3) is 5.91 Å². The summed E-state index contributed by atoms with van der Waals surface area (Å²) in [6.45, 7) is 0. The molecule has 7 heteroatoms. The van der Waals surface area contributed by atoms with Crippen molar-refractivity contribution in [2.45, 2.75) is 6.42 Å². The molecule has 4 nitrogen and oxygen atoms in total. The van der Waals surface area contributed by atoms with Crippen molar-refractivity contribution in [3.8, 4) is 11.8 Å². The molecule has 1 amide bonds. The Morgan fingerprint density at radius 1 is 1.13 bits per heavy atom. The highest BCUT2D eigenvalue weighted by molar-refractivity contribution is 14.1. The zero-order valence-corrected chi connectivity index (χ0v) is 18.6. The third-order valence-corrected chi connectivity index (χ3v) is 5.48. The average molecular weight is 530 g/mol. The van der Waals surface area contributed by atoms with Gasteiger partial charge in [0.2, 0.25) is 0 Å². The van der Waals surface area contributed by atoms with Crippen molar-refractivity contribution in [3.05, 3.63) is 98.1 Å². The first-order valence-corrected chi connectivity index (χ1v) is 10.3. The van der Waals surface area contributed by atoms with Gasteiger partial charge in [-0.25, -0.2) is 8.78 Å². The first-order chi connectivity index (χ1) is 14.9. The maximum Gasteiger partial charge on any atom is 0.266 e. The number of nitrogens with one attached hydrogen (secondary N) is 1. The third-order valence-electron chi connectivity index (χ3n) is 4.52. The van der Waals surface area contributed by atoms with Gasteiger partial charge in [0.1, 0.15) is 29.0 Å². The van der Waals surface area contributed by atoms with Gasteiger partial charge in [-0.3, -0.25) is 4.79 Å². The lowest BCUT2D eigenvalue weighted by Gasteiger charge is -2.13. The fraction of sp³-hybridized carbons (Fsp3) is 0.0833. The summed E-state index contributed by atoms with van der Waals surface area (Å²) in [5, 5.41) is 11.8. The number of methoxy groups -OCH3 is 1. The van der Waals surface area contributed by atoms with Crippen LogP contribution in [0.25, 0.3) is 6.08 Å². The van der Waals surface area contributed by atoms with Gasteiger partial charge in [-0.15, -0.1) is 0 Å². The Balaban J connectivity index is 1.91. The number of nitrogens with zero attached hydrogens (tertiary/aromatic N) is 1. The van der Waals surface area contributed by atoms with Crippen LogP contribution in [0.15, 0.2) is 66.2 Å². The van der Waals surface area contributed by atoms with Crippen LogP contribution >= 0.6 is 22.6 Å². The number of carbonyl (C=O) groups excluding carboxylic acids is 1. The molecule has 3 aromatic carbocycles. The van der Waals surface area contributed by atoms with E-state index in [0.29, 0.717) is 23.3 Å². The summed E-state index contributed by atoms with van der Waals surface area (Å²) in [6.07, 6.45) is 1.73. The van der Waals surface area contributed by atoms with Crippen LogP contribution in [0.4, 0.5) is 14.5 Å². The zero-order chi connectivity index (χ0) is 22.4. The highest BCUT2D eigenvalue weighted by Crippen LogP contribution is 2.30. The molecular formula is C24H17F2IN2O2. The van der Waals surface area contributed by atoms with Gasteiger partial charge in [-0.05, 0) is 70.1 Å². The van der Waals surface area contributed by atoms with E-state index in [4.69, 9.17) is 4.74 Å². The van der Waals surface area contributed by atoms with Gasteiger partial charge in [0.05, 0.1) is 12.8 Å². The molecule has 0 aliphatic rings. The molecule has 1 N–H and O–H groups in total. The molecule has 0 spiro atoms. The molecule has 0 saturated carbocycles. The predicted molar refractivity (Wildman–Crippen MR) is 124 cm³/mol. The molecule has 0 fully saturated rings. The largest absolute Gasteiger partial charge is 0.496 e. The molecule has 0 radical (unpaired) electrons. The minimum Gasteiger partial charge on any atom is -0.496 e. The molecule has 0 aliphatic heterocycles. The van der Waals surface area contributed by atoms with E-state index in [-0.39, 0.29) is 17.1 Å². The van der Waals surface area contributed by atoms with Crippen LogP contribution < -0.4 is 10.1 Å². The molecule has 3 aromatic rings. The van der Waals surface area contributed by atoms with Crippen molar-refractivity contribution in [3.63, 3.8) is 0 Å². The highest BCUT2D eigenvalue weighted by atomic mass is 127. The Bertz CT molecular complexity index is 1200. The van der Waals surface area contributed by atoms with E-state index in [1.165, 1.54) is 37.5 Å². The highest BCUT2D eigenvalue weighted by Gasteiger charge is 2.15. The number of hydrogen-bond acceptors (Lipinski definition) is 3.